The highest BCUT2D eigenvalue weighted by Crippen LogP contribution is 2.26. The molecule has 1 aliphatic heterocycles. The van der Waals surface area contributed by atoms with E-state index in [1.54, 1.807) is 39.3 Å². The number of likely N-dealkylation sites (N-methyl/N-ethyl adjacent to an activating group) is 1. The van der Waals surface area contributed by atoms with Gasteiger partial charge in [-0.05, 0) is 37.5 Å². The van der Waals surface area contributed by atoms with E-state index in [0.29, 0.717) is 18.0 Å². The van der Waals surface area contributed by atoms with Crippen molar-refractivity contribution >= 4 is 27.6 Å². The molecule has 1 aromatic carbocycles. The fraction of sp³-hybridized carbons (Fsp3) is 0.636. The van der Waals surface area contributed by atoms with Gasteiger partial charge in [0, 0.05) is 39.5 Å². The first kappa shape index (κ1) is 26.9. The van der Waals surface area contributed by atoms with Crippen LogP contribution in [0.5, 0.6) is 5.75 Å². The molecule has 0 saturated heterocycles. The number of methoxy groups -OCH3 is 1. The summed E-state index contributed by atoms with van der Waals surface area (Å²) >= 11 is 0. The normalized spacial score (nSPS) is 23.0. The van der Waals surface area contributed by atoms with Crippen LogP contribution in [0.1, 0.15) is 37.6 Å². The third kappa shape index (κ3) is 7.31. The average molecular weight is 485 g/mol. The summed E-state index contributed by atoms with van der Waals surface area (Å²) in [5.74, 6) is -0.143. The van der Waals surface area contributed by atoms with Crippen molar-refractivity contribution < 1.29 is 27.5 Å². The number of ether oxygens (including phenoxy) is 2. The van der Waals surface area contributed by atoms with Gasteiger partial charge in [-0.15, -0.1) is 0 Å². The average Bonchev–Trinajstić information content (AvgIpc) is 2.76. The molecule has 0 spiro atoms. The van der Waals surface area contributed by atoms with E-state index in [1.807, 2.05) is 13.8 Å². The van der Waals surface area contributed by atoms with Gasteiger partial charge in [0.25, 0.3) is 5.91 Å². The van der Waals surface area contributed by atoms with Gasteiger partial charge in [-0.1, -0.05) is 13.8 Å². The van der Waals surface area contributed by atoms with Gasteiger partial charge in [-0.25, -0.2) is 13.2 Å². The molecule has 3 amide bonds. The van der Waals surface area contributed by atoms with E-state index in [-0.39, 0.29) is 49.2 Å². The first-order valence-electron chi connectivity index (χ1n) is 11.0. The molecule has 33 heavy (non-hydrogen) atoms. The second kappa shape index (κ2) is 11.7. The second-order valence-corrected chi connectivity index (χ2v) is 10.5. The van der Waals surface area contributed by atoms with Crippen LogP contribution < -0.4 is 15.4 Å². The van der Waals surface area contributed by atoms with Gasteiger partial charge in [0.15, 0.2) is 0 Å². The zero-order valence-electron chi connectivity index (χ0n) is 20.3. The van der Waals surface area contributed by atoms with Crippen LogP contribution in [0.4, 0.5) is 10.5 Å². The van der Waals surface area contributed by atoms with Crippen molar-refractivity contribution in [3.05, 3.63) is 23.8 Å². The van der Waals surface area contributed by atoms with Crippen LogP contribution >= 0.6 is 0 Å². The molecule has 2 rings (SSSR count). The topological polar surface area (TPSA) is 117 Å². The predicted octanol–water partition coefficient (Wildman–Crippen LogP) is 1.98. The fourth-order valence-corrected chi connectivity index (χ4v) is 4.92. The highest BCUT2D eigenvalue weighted by atomic mass is 32.2. The van der Waals surface area contributed by atoms with Crippen LogP contribution in [0, 0.1) is 5.92 Å². The summed E-state index contributed by atoms with van der Waals surface area (Å²) in [6.45, 7) is 6.72. The zero-order valence-corrected chi connectivity index (χ0v) is 21.1. The fourth-order valence-electron chi connectivity index (χ4n) is 3.70. The third-order valence-corrected chi connectivity index (χ3v) is 6.97. The Bertz CT molecular complexity index is 939. The lowest BCUT2D eigenvalue weighted by atomic mass is 10.0. The van der Waals surface area contributed by atoms with Gasteiger partial charge in [-0.2, -0.15) is 4.31 Å². The first-order valence-corrected chi connectivity index (χ1v) is 12.9. The molecule has 0 radical (unpaired) electrons. The van der Waals surface area contributed by atoms with Crippen molar-refractivity contribution in [2.45, 2.75) is 39.3 Å². The van der Waals surface area contributed by atoms with E-state index >= 15 is 0 Å². The Kier molecular flexibility index (Phi) is 9.50. The highest BCUT2D eigenvalue weighted by Gasteiger charge is 2.32. The molecular formula is C22H36N4O6S. The Morgan fingerprint density at radius 1 is 1.27 bits per heavy atom. The summed E-state index contributed by atoms with van der Waals surface area (Å²) < 4.78 is 37.8. The summed E-state index contributed by atoms with van der Waals surface area (Å²) in [7, 11) is -0.292. The van der Waals surface area contributed by atoms with E-state index in [2.05, 4.69) is 10.6 Å². The Morgan fingerprint density at radius 3 is 2.58 bits per heavy atom. The van der Waals surface area contributed by atoms with Crippen LogP contribution in [0.15, 0.2) is 18.2 Å². The standard InChI is InChI=1S/C22H36N4O6S/c1-7-10-23-22(28)24-17-8-9-19-18(11-17)21(27)25(4)13-20(31-5)15(2)12-26(33(6,29)30)16(3)14-32-19/h8-9,11,15-16,20H,7,10,12-14H2,1-6H3,(H2,23,24,28)/t15-,16+,20-/m1/s1. The maximum Gasteiger partial charge on any atom is 0.319 e. The van der Waals surface area contributed by atoms with Crippen LogP contribution in [-0.2, 0) is 14.8 Å². The number of nitrogens with zero attached hydrogens (tertiary/aromatic N) is 2. The Balaban J connectivity index is 2.43. The number of urea groups is 1. The summed E-state index contributed by atoms with van der Waals surface area (Å²) in [5.41, 5.74) is 0.717. The van der Waals surface area contributed by atoms with Crippen molar-refractivity contribution in [2.24, 2.45) is 5.92 Å². The summed E-state index contributed by atoms with van der Waals surface area (Å²) in [5, 5.41) is 5.45. The molecular weight excluding hydrogens is 448 g/mol. The van der Waals surface area contributed by atoms with Crippen molar-refractivity contribution in [1.29, 1.82) is 0 Å². The molecule has 10 nitrogen and oxygen atoms in total. The van der Waals surface area contributed by atoms with Crippen LogP contribution in [0.25, 0.3) is 0 Å². The minimum absolute atomic E-state index is 0.0607. The minimum Gasteiger partial charge on any atom is -0.491 e. The summed E-state index contributed by atoms with van der Waals surface area (Å²) in [4.78, 5) is 26.9. The Labute approximate surface area is 196 Å². The maximum atomic E-state index is 13.3. The molecule has 1 heterocycles. The Morgan fingerprint density at radius 2 is 1.97 bits per heavy atom. The maximum absolute atomic E-state index is 13.3. The lowest BCUT2D eigenvalue weighted by molar-refractivity contribution is 0.0213. The van der Waals surface area contributed by atoms with Gasteiger partial charge in [0.05, 0.1) is 24.0 Å². The number of carbonyl (C=O) groups excluding carboxylic acids is 2. The summed E-state index contributed by atoms with van der Waals surface area (Å²) in [6.07, 6.45) is 1.60. The number of benzene rings is 1. The first-order chi connectivity index (χ1) is 15.5. The minimum atomic E-state index is -3.50. The van der Waals surface area contributed by atoms with Crippen LogP contribution in [-0.4, -0.2) is 88.4 Å². The van der Waals surface area contributed by atoms with E-state index in [4.69, 9.17) is 9.47 Å². The van der Waals surface area contributed by atoms with Crippen molar-refractivity contribution in [1.82, 2.24) is 14.5 Å². The lowest BCUT2D eigenvalue weighted by Gasteiger charge is -2.34. The van der Waals surface area contributed by atoms with Gasteiger partial charge in [-0.3, -0.25) is 4.79 Å². The van der Waals surface area contributed by atoms with Gasteiger partial charge >= 0.3 is 6.03 Å². The molecule has 3 atom stereocenters. The van der Waals surface area contributed by atoms with Crippen LogP contribution in [0.2, 0.25) is 0 Å². The smallest absolute Gasteiger partial charge is 0.319 e. The number of nitrogens with one attached hydrogen (secondary N) is 2. The van der Waals surface area contributed by atoms with Gasteiger partial charge < -0.3 is 25.0 Å². The number of hydrogen-bond donors (Lipinski definition) is 2. The second-order valence-electron chi connectivity index (χ2n) is 8.52. The molecule has 0 aromatic heterocycles. The molecule has 11 heteroatoms. The van der Waals surface area contributed by atoms with Crippen molar-refractivity contribution in [3.63, 3.8) is 0 Å². The number of carbonyl (C=O) groups is 2. The van der Waals surface area contributed by atoms with E-state index < -0.39 is 16.1 Å². The highest BCUT2D eigenvalue weighted by molar-refractivity contribution is 7.88. The lowest BCUT2D eigenvalue weighted by Crippen LogP contribution is -2.48. The molecule has 0 aliphatic carbocycles. The van der Waals surface area contributed by atoms with Crippen molar-refractivity contribution in [2.75, 3.05) is 52.0 Å². The summed E-state index contributed by atoms with van der Waals surface area (Å²) in [6, 6.07) is 3.99. The SMILES string of the molecule is CCCNC(=O)Nc1ccc2c(c1)C(=O)N(C)C[C@@H](OC)[C@H](C)CN(S(C)(=O)=O)[C@@H](C)CO2. The van der Waals surface area contributed by atoms with Crippen molar-refractivity contribution in [3.8, 4) is 5.75 Å². The third-order valence-electron chi connectivity index (χ3n) is 5.61. The monoisotopic (exact) mass is 484 g/mol. The number of rotatable bonds is 5. The van der Waals surface area contributed by atoms with E-state index in [0.717, 1.165) is 6.42 Å². The van der Waals surface area contributed by atoms with Gasteiger partial charge in [0.2, 0.25) is 10.0 Å². The van der Waals surface area contributed by atoms with Crippen LogP contribution in [0.3, 0.4) is 0 Å². The molecule has 2 N–H and O–H groups in total. The predicted molar refractivity (Wildman–Crippen MR) is 127 cm³/mol. The number of fused-ring (bicyclic) bond motifs is 1. The van der Waals surface area contributed by atoms with E-state index in [9.17, 15) is 18.0 Å². The number of anilines is 1. The number of amides is 3. The van der Waals surface area contributed by atoms with E-state index in [1.165, 1.54) is 15.5 Å². The molecule has 1 aromatic rings. The quantitative estimate of drug-likeness (QED) is 0.660. The Hall–Kier alpha value is -2.37. The largest absolute Gasteiger partial charge is 0.491 e. The molecule has 0 fully saturated rings. The molecule has 0 unspecified atom stereocenters. The van der Waals surface area contributed by atoms with Gasteiger partial charge in [0.1, 0.15) is 12.4 Å². The number of sulfonamides is 1. The molecule has 1 aliphatic rings. The zero-order chi connectivity index (χ0) is 24.8. The molecule has 0 bridgehead atoms. The molecule has 0 saturated carbocycles. The number of hydrogen-bond acceptors (Lipinski definition) is 6. The molecule has 186 valence electrons.